The van der Waals surface area contributed by atoms with E-state index in [0.29, 0.717) is 5.01 Å². The van der Waals surface area contributed by atoms with Crippen LogP contribution in [0.5, 0.6) is 0 Å². The minimum absolute atomic E-state index is 0.0316. The maximum Gasteiger partial charge on any atom is 0.205 e. The zero-order chi connectivity index (χ0) is 13.3. The molecule has 1 N–H and O–H groups in total. The molecule has 0 fully saturated rings. The van der Waals surface area contributed by atoms with Gasteiger partial charge in [0.1, 0.15) is 10.8 Å². The SMILES string of the molecule is CNc1nnc(-c2sc(CS(C)(=O)=O)nc2C)s1. The van der Waals surface area contributed by atoms with E-state index in [1.807, 2.05) is 6.92 Å². The predicted octanol–water partition coefficient (Wildman–Crippen LogP) is 1.56. The molecule has 18 heavy (non-hydrogen) atoms. The van der Waals surface area contributed by atoms with E-state index in [1.54, 1.807) is 7.05 Å². The van der Waals surface area contributed by atoms with Crippen LogP contribution >= 0.6 is 22.7 Å². The summed E-state index contributed by atoms with van der Waals surface area (Å²) in [5.74, 6) is -0.0316. The Hall–Kier alpha value is -1.06. The Bertz CT molecular complexity index is 659. The second-order valence-electron chi connectivity index (χ2n) is 3.75. The van der Waals surface area contributed by atoms with Gasteiger partial charge in [-0.05, 0) is 6.92 Å². The molecule has 2 aromatic heterocycles. The van der Waals surface area contributed by atoms with Gasteiger partial charge in [-0.1, -0.05) is 11.3 Å². The van der Waals surface area contributed by atoms with Crippen molar-refractivity contribution < 1.29 is 8.42 Å². The molecule has 98 valence electrons. The highest BCUT2D eigenvalue weighted by molar-refractivity contribution is 7.90. The maximum atomic E-state index is 11.2. The fourth-order valence-corrected chi connectivity index (χ4v) is 4.42. The van der Waals surface area contributed by atoms with Gasteiger partial charge < -0.3 is 5.32 Å². The number of anilines is 1. The van der Waals surface area contributed by atoms with Crippen molar-refractivity contribution in [3.8, 4) is 9.88 Å². The summed E-state index contributed by atoms with van der Waals surface area (Å²) < 4.78 is 22.5. The fraction of sp³-hybridized carbons (Fsp3) is 0.444. The van der Waals surface area contributed by atoms with Crippen molar-refractivity contribution in [1.29, 1.82) is 0 Å². The minimum Gasteiger partial charge on any atom is -0.363 e. The van der Waals surface area contributed by atoms with Gasteiger partial charge in [0.2, 0.25) is 5.13 Å². The number of aryl methyl sites for hydroxylation is 1. The molecule has 6 nitrogen and oxygen atoms in total. The average Bonchev–Trinajstić information content (AvgIpc) is 2.82. The van der Waals surface area contributed by atoms with Crippen LogP contribution in [-0.4, -0.2) is 36.9 Å². The van der Waals surface area contributed by atoms with Crippen LogP contribution in [0, 0.1) is 6.92 Å². The lowest BCUT2D eigenvalue weighted by molar-refractivity contribution is 0.601. The Balaban J connectivity index is 2.34. The highest BCUT2D eigenvalue weighted by Gasteiger charge is 2.16. The van der Waals surface area contributed by atoms with Crippen LogP contribution in [0.25, 0.3) is 9.88 Å². The first-order valence-corrected chi connectivity index (χ1v) is 8.74. The summed E-state index contributed by atoms with van der Waals surface area (Å²) in [5, 5.41) is 13.0. The fourth-order valence-electron chi connectivity index (χ4n) is 1.35. The van der Waals surface area contributed by atoms with E-state index in [4.69, 9.17) is 0 Å². The summed E-state index contributed by atoms with van der Waals surface area (Å²) in [4.78, 5) is 5.15. The van der Waals surface area contributed by atoms with Crippen LogP contribution in [0.3, 0.4) is 0 Å². The molecule has 0 aromatic carbocycles. The lowest BCUT2D eigenvalue weighted by atomic mass is 10.4. The molecule has 0 saturated heterocycles. The van der Waals surface area contributed by atoms with E-state index in [1.165, 1.54) is 28.9 Å². The van der Waals surface area contributed by atoms with Crippen molar-refractivity contribution in [3.63, 3.8) is 0 Å². The first-order chi connectivity index (χ1) is 8.39. The first-order valence-electron chi connectivity index (χ1n) is 5.04. The second kappa shape index (κ2) is 4.90. The number of hydrogen-bond acceptors (Lipinski definition) is 8. The Morgan fingerprint density at radius 1 is 1.28 bits per heavy atom. The van der Waals surface area contributed by atoms with Crippen molar-refractivity contribution in [2.45, 2.75) is 12.7 Å². The maximum absolute atomic E-state index is 11.2. The van der Waals surface area contributed by atoms with E-state index in [0.717, 1.165) is 20.7 Å². The smallest absolute Gasteiger partial charge is 0.205 e. The number of thiazole rings is 1. The van der Waals surface area contributed by atoms with Crippen LogP contribution in [0.1, 0.15) is 10.7 Å². The summed E-state index contributed by atoms with van der Waals surface area (Å²) >= 11 is 2.77. The molecular weight excluding hydrogens is 292 g/mol. The third kappa shape index (κ3) is 3.03. The number of hydrogen-bond donors (Lipinski definition) is 1. The third-order valence-corrected chi connectivity index (χ3v) is 5.29. The largest absolute Gasteiger partial charge is 0.363 e. The third-order valence-electron chi connectivity index (χ3n) is 2.06. The Morgan fingerprint density at radius 2 is 2.00 bits per heavy atom. The lowest BCUT2D eigenvalue weighted by Crippen LogP contribution is -1.99. The van der Waals surface area contributed by atoms with Gasteiger partial charge in [0.15, 0.2) is 14.8 Å². The number of sulfone groups is 1. The molecule has 2 heterocycles. The van der Waals surface area contributed by atoms with Gasteiger partial charge >= 0.3 is 0 Å². The van der Waals surface area contributed by atoms with Gasteiger partial charge in [0, 0.05) is 13.3 Å². The zero-order valence-corrected chi connectivity index (χ0v) is 12.5. The Labute approximate surface area is 113 Å². The average molecular weight is 304 g/mol. The van der Waals surface area contributed by atoms with Crippen molar-refractivity contribution in [2.24, 2.45) is 0 Å². The highest BCUT2D eigenvalue weighted by atomic mass is 32.2. The van der Waals surface area contributed by atoms with Crippen molar-refractivity contribution in [2.75, 3.05) is 18.6 Å². The quantitative estimate of drug-likeness (QED) is 0.922. The Morgan fingerprint density at radius 3 is 2.56 bits per heavy atom. The standard InChI is InChI=1S/C9H12N4O2S3/c1-5-7(8-12-13-9(10-2)17-8)16-6(11-5)4-18(3,14)15/h4H2,1-3H3,(H,10,13). The molecule has 2 aromatic rings. The van der Waals surface area contributed by atoms with Gasteiger partial charge in [-0.3, -0.25) is 0 Å². The van der Waals surface area contributed by atoms with Gasteiger partial charge in [-0.15, -0.1) is 21.5 Å². The molecule has 0 radical (unpaired) electrons. The normalized spacial score (nSPS) is 11.7. The lowest BCUT2D eigenvalue weighted by Gasteiger charge is -1.90. The number of aromatic nitrogens is 3. The van der Waals surface area contributed by atoms with E-state index in [-0.39, 0.29) is 5.75 Å². The molecule has 0 aliphatic carbocycles. The summed E-state index contributed by atoms with van der Waals surface area (Å²) in [6.07, 6.45) is 1.20. The van der Waals surface area contributed by atoms with Crippen LogP contribution in [0.2, 0.25) is 0 Å². The van der Waals surface area contributed by atoms with E-state index >= 15 is 0 Å². The summed E-state index contributed by atoms with van der Waals surface area (Å²) in [6, 6.07) is 0. The number of nitrogens with zero attached hydrogens (tertiary/aromatic N) is 3. The van der Waals surface area contributed by atoms with E-state index in [9.17, 15) is 8.42 Å². The second-order valence-corrected chi connectivity index (χ2v) is 7.96. The van der Waals surface area contributed by atoms with E-state index in [2.05, 4.69) is 20.5 Å². The topological polar surface area (TPSA) is 84.8 Å². The van der Waals surface area contributed by atoms with Crippen LogP contribution in [0.15, 0.2) is 0 Å². The first kappa shape index (κ1) is 13.4. The molecule has 0 atom stereocenters. The summed E-state index contributed by atoms with van der Waals surface area (Å²) in [7, 11) is -1.28. The van der Waals surface area contributed by atoms with Gasteiger partial charge in [0.25, 0.3) is 0 Å². The van der Waals surface area contributed by atoms with Crippen LogP contribution in [-0.2, 0) is 15.6 Å². The highest BCUT2D eigenvalue weighted by Crippen LogP contribution is 2.33. The van der Waals surface area contributed by atoms with Crippen LogP contribution < -0.4 is 5.32 Å². The molecule has 0 bridgehead atoms. The molecule has 0 unspecified atom stereocenters. The van der Waals surface area contributed by atoms with Gasteiger partial charge in [-0.25, -0.2) is 13.4 Å². The number of rotatable bonds is 4. The van der Waals surface area contributed by atoms with Gasteiger partial charge in [0.05, 0.1) is 10.6 Å². The molecule has 0 aliphatic rings. The van der Waals surface area contributed by atoms with Gasteiger partial charge in [-0.2, -0.15) is 0 Å². The van der Waals surface area contributed by atoms with Crippen molar-refractivity contribution in [1.82, 2.24) is 15.2 Å². The molecule has 2 rings (SSSR count). The number of nitrogens with one attached hydrogen (secondary N) is 1. The molecule has 0 aliphatic heterocycles. The van der Waals surface area contributed by atoms with Crippen LogP contribution in [0.4, 0.5) is 5.13 Å². The summed E-state index contributed by atoms with van der Waals surface area (Å²) in [5.41, 5.74) is 0.789. The predicted molar refractivity (Wildman–Crippen MR) is 73.8 cm³/mol. The monoisotopic (exact) mass is 304 g/mol. The molecule has 9 heteroatoms. The minimum atomic E-state index is -3.06. The summed E-state index contributed by atoms with van der Waals surface area (Å²) in [6.45, 7) is 1.85. The molecule has 0 spiro atoms. The molecule has 0 amide bonds. The molecule has 0 saturated carbocycles. The Kier molecular flexibility index (Phi) is 3.64. The zero-order valence-electron chi connectivity index (χ0n) is 10.1. The van der Waals surface area contributed by atoms with E-state index < -0.39 is 9.84 Å². The van der Waals surface area contributed by atoms with Crippen molar-refractivity contribution in [3.05, 3.63) is 10.7 Å². The molecular formula is C9H12N4O2S3. The van der Waals surface area contributed by atoms with Crippen molar-refractivity contribution >= 4 is 37.6 Å².